The first-order valence-electron chi connectivity index (χ1n) is 20.0. The molecular formula is C43H74O6. The third-order valence-corrected chi connectivity index (χ3v) is 8.47. The van der Waals surface area contributed by atoms with Crippen molar-refractivity contribution in [1.29, 1.82) is 0 Å². The first kappa shape index (κ1) is 46.5. The number of unbranched alkanes of at least 4 members (excludes halogenated alkanes) is 16. The Labute approximate surface area is 301 Å². The Hall–Kier alpha value is -2.47. The standard InChI is InChI=1S/C43H74O6/c1-4-5-6-7-8-9-10-13-17-20-23-26-29-33-40(44)34-31-36-43(47)49-38-41(45)37-48-42(46)35-30-27-24-21-18-15-12-11-14-16-19-22-25-28-32-39(2)3/h8-9,13,17,23,26,29,33,39,41,45H,4-7,10-12,14-16,18-22,24-25,27-28,30-32,34-38H2,1-3H3/b9-8-,17-13-,26-23-,33-29+/t41-/m0/s1. The van der Waals surface area contributed by atoms with Gasteiger partial charge in [-0.25, -0.2) is 0 Å². The van der Waals surface area contributed by atoms with Gasteiger partial charge in [0.15, 0.2) is 5.78 Å². The summed E-state index contributed by atoms with van der Waals surface area (Å²) in [5.74, 6) is -0.0162. The highest BCUT2D eigenvalue weighted by Crippen LogP contribution is 2.15. The van der Waals surface area contributed by atoms with E-state index < -0.39 is 12.1 Å². The van der Waals surface area contributed by atoms with Crippen molar-refractivity contribution in [3.05, 3.63) is 48.6 Å². The molecule has 0 unspecified atom stereocenters. The molecule has 6 nitrogen and oxygen atoms in total. The van der Waals surface area contributed by atoms with Crippen LogP contribution in [0.3, 0.4) is 0 Å². The summed E-state index contributed by atoms with van der Waals surface area (Å²) in [5.41, 5.74) is 0. The van der Waals surface area contributed by atoms with Crippen LogP contribution in [-0.4, -0.2) is 42.1 Å². The molecule has 0 fully saturated rings. The Balaban J connectivity index is 3.61. The lowest BCUT2D eigenvalue weighted by atomic mass is 10.0. The summed E-state index contributed by atoms with van der Waals surface area (Å²) >= 11 is 0. The van der Waals surface area contributed by atoms with E-state index in [1.807, 2.05) is 12.2 Å². The number of allylic oxidation sites excluding steroid dienone is 8. The summed E-state index contributed by atoms with van der Waals surface area (Å²) < 4.78 is 10.2. The molecule has 0 heterocycles. The molecule has 282 valence electrons. The van der Waals surface area contributed by atoms with Gasteiger partial charge in [-0.1, -0.05) is 166 Å². The molecule has 1 N–H and O–H groups in total. The molecule has 0 aromatic carbocycles. The highest BCUT2D eigenvalue weighted by Gasteiger charge is 2.12. The van der Waals surface area contributed by atoms with Crippen molar-refractivity contribution in [3.63, 3.8) is 0 Å². The number of aliphatic hydroxyl groups is 1. The monoisotopic (exact) mass is 687 g/mol. The number of hydrogen-bond acceptors (Lipinski definition) is 6. The van der Waals surface area contributed by atoms with Crippen LogP contribution >= 0.6 is 0 Å². The van der Waals surface area contributed by atoms with Crippen molar-refractivity contribution in [2.24, 2.45) is 5.92 Å². The third kappa shape index (κ3) is 38.2. The second kappa shape index (κ2) is 36.8. The lowest BCUT2D eigenvalue weighted by Crippen LogP contribution is -2.25. The molecule has 0 aromatic rings. The number of carbonyl (C=O) groups excluding carboxylic acids is 3. The van der Waals surface area contributed by atoms with Crippen LogP contribution in [0.25, 0.3) is 0 Å². The summed E-state index contributed by atoms with van der Waals surface area (Å²) in [4.78, 5) is 35.9. The van der Waals surface area contributed by atoms with Gasteiger partial charge in [-0.15, -0.1) is 0 Å². The minimum Gasteiger partial charge on any atom is -0.463 e. The van der Waals surface area contributed by atoms with Gasteiger partial charge in [0.1, 0.15) is 19.3 Å². The topological polar surface area (TPSA) is 89.9 Å². The zero-order valence-corrected chi connectivity index (χ0v) is 31.9. The number of rotatable bonds is 35. The molecular weight excluding hydrogens is 612 g/mol. The van der Waals surface area contributed by atoms with E-state index >= 15 is 0 Å². The highest BCUT2D eigenvalue weighted by molar-refractivity contribution is 5.90. The quantitative estimate of drug-likeness (QED) is 0.0235. The van der Waals surface area contributed by atoms with Gasteiger partial charge in [0, 0.05) is 19.3 Å². The van der Waals surface area contributed by atoms with Crippen LogP contribution in [-0.2, 0) is 23.9 Å². The molecule has 0 radical (unpaired) electrons. The molecule has 0 spiro atoms. The molecule has 6 heteroatoms. The lowest BCUT2D eigenvalue weighted by molar-refractivity contribution is -0.152. The van der Waals surface area contributed by atoms with E-state index in [0.717, 1.165) is 44.4 Å². The van der Waals surface area contributed by atoms with Gasteiger partial charge in [-0.3, -0.25) is 14.4 Å². The predicted molar refractivity (Wildman–Crippen MR) is 205 cm³/mol. The molecule has 0 amide bonds. The van der Waals surface area contributed by atoms with Crippen LogP contribution in [0.4, 0.5) is 0 Å². The maximum absolute atomic E-state index is 12.0. The van der Waals surface area contributed by atoms with E-state index in [4.69, 9.17) is 9.47 Å². The lowest BCUT2D eigenvalue weighted by Gasteiger charge is -2.12. The Morgan fingerprint density at radius 3 is 1.59 bits per heavy atom. The van der Waals surface area contributed by atoms with Crippen LogP contribution < -0.4 is 0 Å². The maximum Gasteiger partial charge on any atom is 0.305 e. The van der Waals surface area contributed by atoms with E-state index in [0.29, 0.717) is 12.8 Å². The van der Waals surface area contributed by atoms with Gasteiger partial charge in [0.25, 0.3) is 0 Å². The van der Waals surface area contributed by atoms with Crippen LogP contribution in [0, 0.1) is 5.92 Å². The van der Waals surface area contributed by atoms with Crippen LogP contribution in [0.2, 0.25) is 0 Å². The molecule has 1 atom stereocenters. The minimum absolute atomic E-state index is 0.0488. The predicted octanol–water partition coefficient (Wildman–Crippen LogP) is 11.7. The van der Waals surface area contributed by atoms with Gasteiger partial charge in [0.2, 0.25) is 0 Å². The van der Waals surface area contributed by atoms with E-state index in [2.05, 4.69) is 45.1 Å². The molecule has 0 aliphatic rings. The maximum atomic E-state index is 12.0. The second-order valence-corrected chi connectivity index (χ2v) is 13.9. The average Bonchev–Trinajstić information content (AvgIpc) is 3.08. The smallest absolute Gasteiger partial charge is 0.305 e. The van der Waals surface area contributed by atoms with E-state index in [1.54, 1.807) is 6.08 Å². The van der Waals surface area contributed by atoms with Crippen molar-refractivity contribution in [2.45, 2.75) is 187 Å². The minimum atomic E-state index is -1.05. The Morgan fingerprint density at radius 1 is 0.551 bits per heavy atom. The van der Waals surface area contributed by atoms with Crippen molar-refractivity contribution in [3.8, 4) is 0 Å². The Bertz CT molecular complexity index is 900. The van der Waals surface area contributed by atoms with E-state index in [-0.39, 0.29) is 37.8 Å². The molecule has 0 saturated heterocycles. The SMILES string of the molecule is CCCCC/C=C\C/C=C\C/C=C\C=C\C(=O)CCCC(=O)OC[C@@H](O)COC(=O)CCCCCCCCCCCCCCCCC(C)C. The van der Waals surface area contributed by atoms with E-state index in [1.165, 1.54) is 102 Å². The molecule has 0 aromatic heterocycles. The zero-order valence-electron chi connectivity index (χ0n) is 31.9. The van der Waals surface area contributed by atoms with E-state index in [9.17, 15) is 19.5 Å². The van der Waals surface area contributed by atoms with Crippen LogP contribution in [0.1, 0.15) is 181 Å². The fourth-order valence-corrected chi connectivity index (χ4v) is 5.40. The molecule has 0 rings (SSSR count). The summed E-state index contributed by atoms with van der Waals surface area (Å²) in [5, 5.41) is 10.00. The third-order valence-electron chi connectivity index (χ3n) is 8.47. The highest BCUT2D eigenvalue weighted by atomic mass is 16.6. The van der Waals surface area contributed by atoms with Gasteiger partial charge in [0.05, 0.1) is 0 Å². The van der Waals surface area contributed by atoms with Crippen LogP contribution in [0.5, 0.6) is 0 Å². The summed E-state index contributed by atoms with van der Waals surface area (Å²) in [7, 11) is 0. The molecule has 0 bridgehead atoms. The van der Waals surface area contributed by atoms with Gasteiger partial charge < -0.3 is 14.6 Å². The number of hydrogen-bond donors (Lipinski definition) is 1. The number of carbonyl (C=O) groups is 3. The van der Waals surface area contributed by atoms with Crippen molar-refractivity contribution >= 4 is 17.7 Å². The molecule has 0 saturated carbocycles. The van der Waals surface area contributed by atoms with Crippen molar-refractivity contribution in [1.82, 2.24) is 0 Å². The number of esters is 2. The first-order chi connectivity index (χ1) is 23.8. The molecule has 0 aliphatic carbocycles. The zero-order chi connectivity index (χ0) is 36.0. The largest absolute Gasteiger partial charge is 0.463 e. The summed E-state index contributed by atoms with van der Waals surface area (Å²) in [6.45, 7) is 6.41. The number of ether oxygens (including phenoxy) is 2. The summed E-state index contributed by atoms with van der Waals surface area (Å²) in [6.07, 6.45) is 41.7. The van der Waals surface area contributed by atoms with Gasteiger partial charge in [-0.05, 0) is 50.5 Å². The number of aliphatic hydroxyl groups excluding tert-OH is 1. The fourth-order valence-electron chi connectivity index (χ4n) is 5.40. The van der Waals surface area contributed by atoms with Gasteiger partial charge >= 0.3 is 11.9 Å². The van der Waals surface area contributed by atoms with Crippen molar-refractivity contribution in [2.75, 3.05) is 13.2 Å². The molecule has 49 heavy (non-hydrogen) atoms. The normalized spacial score (nSPS) is 12.7. The molecule has 0 aliphatic heterocycles. The van der Waals surface area contributed by atoms with Crippen LogP contribution in [0.15, 0.2) is 48.6 Å². The number of ketones is 1. The Kier molecular flexibility index (Phi) is 34.9. The Morgan fingerprint density at radius 2 is 1.04 bits per heavy atom. The van der Waals surface area contributed by atoms with Gasteiger partial charge in [-0.2, -0.15) is 0 Å². The van der Waals surface area contributed by atoms with Crippen molar-refractivity contribution < 1.29 is 29.0 Å². The fraction of sp³-hybridized carbons (Fsp3) is 0.744. The summed E-state index contributed by atoms with van der Waals surface area (Å²) in [6, 6.07) is 0. The first-order valence-corrected chi connectivity index (χ1v) is 20.0. The second-order valence-electron chi connectivity index (χ2n) is 13.9. The average molecular weight is 687 g/mol.